The number of hydrogen-bond acceptors (Lipinski definition) is 7. The van der Waals surface area contributed by atoms with E-state index in [2.05, 4.69) is 6.92 Å². The van der Waals surface area contributed by atoms with Gasteiger partial charge in [-0.15, -0.1) is 11.3 Å². The van der Waals surface area contributed by atoms with Gasteiger partial charge in [0.25, 0.3) is 0 Å². The van der Waals surface area contributed by atoms with Crippen molar-refractivity contribution in [3.63, 3.8) is 0 Å². The first-order valence-corrected chi connectivity index (χ1v) is 11.7. The molecular formula is C22H34O6S. The summed E-state index contributed by atoms with van der Waals surface area (Å²) in [5.74, 6) is -0.369. The van der Waals surface area contributed by atoms with Gasteiger partial charge < -0.3 is 18.9 Å². The summed E-state index contributed by atoms with van der Waals surface area (Å²) >= 11 is 1.02. The molecule has 2 rings (SSSR count). The average Bonchev–Trinajstić information content (AvgIpc) is 3.09. The van der Waals surface area contributed by atoms with E-state index in [1.54, 1.807) is 13.8 Å². The summed E-state index contributed by atoms with van der Waals surface area (Å²) in [6, 6.07) is 0. The maximum absolute atomic E-state index is 12.3. The standard InChI is InChI=1S/C22H34O6S/c1-4-7-8-9-10-11-12-13-14-16-15-27-17-18(28-16)20(22(24)26-6-3)29-19(17)21(23)25-5-2/h16H,4-15H2,1-3H3. The highest BCUT2D eigenvalue weighted by Crippen LogP contribution is 2.46. The van der Waals surface area contributed by atoms with Crippen molar-refractivity contribution in [1.29, 1.82) is 0 Å². The van der Waals surface area contributed by atoms with Crippen molar-refractivity contribution in [2.24, 2.45) is 0 Å². The zero-order valence-electron chi connectivity index (χ0n) is 17.9. The van der Waals surface area contributed by atoms with Crippen LogP contribution in [-0.4, -0.2) is 37.9 Å². The van der Waals surface area contributed by atoms with Crippen molar-refractivity contribution < 1.29 is 28.5 Å². The van der Waals surface area contributed by atoms with Gasteiger partial charge in [0.05, 0.1) is 13.2 Å². The number of unbranched alkanes of at least 4 members (excludes halogenated alkanes) is 7. The third kappa shape index (κ3) is 6.91. The third-order valence-corrected chi connectivity index (χ3v) is 5.93. The van der Waals surface area contributed by atoms with Crippen LogP contribution in [0.15, 0.2) is 0 Å². The molecule has 7 heteroatoms. The van der Waals surface area contributed by atoms with E-state index in [9.17, 15) is 9.59 Å². The molecule has 29 heavy (non-hydrogen) atoms. The van der Waals surface area contributed by atoms with E-state index in [1.165, 1.54) is 44.9 Å². The van der Waals surface area contributed by atoms with Crippen LogP contribution < -0.4 is 9.47 Å². The largest absolute Gasteiger partial charge is 0.484 e. The van der Waals surface area contributed by atoms with Gasteiger partial charge in [-0.25, -0.2) is 9.59 Å². The van der Waals surface area contributed by atoms with Crippen molar-refractivity contribution in [3.8, 4) is 11.5 Å². The maximum atomic E-state index is 12.3. The SMILES string of the molecule is CCCCCCCCCCC1COc2c(C(=O)OCC)sc(C(=O)OCC)c2O1. The topological polar surface area (TPSA) is 71.1 Å². The Kier molecular flexibility index (Phi) is 10.3. The lowest BCUT2D eigenvalue weighted by molar-refractivity contribution is 0.0477. The molecule has 6 nitrogen and oxygen atoms in total. The molecule has 0 aromatic carbocycles. The van der Waals surface area contributed by atoms with Crippen LogP contribution in [0.5, 0.6) is 11.5 Å². The first-order chi connectivity index (χ1) is 14.1. The Hall–Kier alpha value is -1.76. The minimum atomic E-state index is -0.505. The minimum Gasteiger partial charge on any atom is -0.484 e. The maximum Gasteiger partial charge on any atom is 0.352 e. The Labute approximate surface area is 177 Å². The molecule has 2 heterocycles. The molecule has 1 aliphatic heterocycles. The Morgan fingerprint density at radius 3 is 2.00 bits per heavy atom. The number of thiophene rings is 1. The molecule has 164 valence electrons. The zero-order valence-corrected chi connectivity index (χ0v) is 18.7. The molecular weight excluding hydrogens is 392 g/mol. The van der Waals surface area contributed by atoms with Gasteiger partial charge in [-0.2, -0.15) is 0 Å². The number of carbonyl (C=O) groups is 2. The summed E-state index contributed by atoms with van der Waals surface area (Å²) in [4.78, 5) is 25.1. The van der Waals surface area contributed by atoms with Crippen LogP contribution in [0.1, 0.15) is 97.9 Å². The van der Waals surface area contributed by atoms with Gasteiger partial charge in [-0.3, -0.25) is 0 Å². The molecule has 0 saturated heterocycles. The Balaban J connectivity index is 1.93. The van der Waals surface area contributed by atoms with Crippen molar-refractivity contribution >= 4 is 23.3 Å². The molecule has 1 unspecified atom stereocenters. The van der Waals surface area contributed by atoms with E-state index in [0.717, 1.165) is 24.2 Å². The fourth-order valence-corrected chi connectivity index (χ4v) is 4.29. The molecule has 0 amide bonds. The highest BCUT2D eigenvalue weighted by atomic mass is 32.1. The summed E-state index contributed by atoms with van der Waals surface area (Å²) in [5, 5.41) is 0. The fourth-order valence-electron chi connectivity index (χ4n) is 3.33. The number of carbonyl (C=O) groups excluding carboxylic acids is 2. The minimum absolute atomic E-state index is 0.125. The molecule has 0 bridgehead atoms. The van der Waals surface area contributed by atoms with Gasteiger partial charge in [-0.1, -0.05) is 51.9 Å². The Morgan fingerprint density at radius 2 is 1.41 bits per heavy atom. The van der Waals surface area contributed by atoms with Gasteiger partial charge in [0.15, 0.2) is 21.3 Å². The van der Waals surface area contributed by atoms with Crippen LogP contribution in [0.4, 0.5) is 0 Å². The van der Waals surface area contributed by atoms with E-state index in [0.29, 0.717) is 18.1 Å². The van der Waals surface area contributed by atoms with E-state index < -0.39 is 11.9 Å². The number of esters is 2. The van der Waals surface area contributed by atoms with Crippen LogP contribution in [0.3, 0.4) is 0 Å². The lowest BCUT2D eigenvalue weighted by Crippen LogP contribution is -2.29. The van der Waals surface area contributed by atoms with Gasteiger partial charge in [-0.05, 0) is 26.7 Å². The van der Waals surface area contributed by atoms with Crippen molar-refractivity contribution in [2.45, 2.75) is 84.7 Å². The van der Waals surface area contributed by atoms with Crippen molar-refractivity contribution in [2.75, 3.05) is 19.8 Å². The van der Waals surface area contributed by atoms with Crippen LogP contribution in [0.2, 0.25) is 0 Å². The zero-order chi connectivity index (χ0) is 21.1. The summed E-state index contributed by atoms with van der Waals surface area (Å²) in [6.07, 6.45) is 10.7. The molecule has 0 aliphatic carbocycles. The Bertz CT molecular complexity index is 654. The van der Waals surface area contributed by atoms with Crippen LogP contribution >= 0.6 is 11.3 Å². The second-order valence-corrected chi connectivity index (χ2v) is 8.19. The smallest absolute Gasteiger partial charge is 0.352 e. The molecule has 1 aromatic heterocycles. The van der Waals surface area contributed by atoms with Gasteiger partial charge in [0.2, 0.25) is 0 Å². The normalized spacial score (nSPS) is 15.2. The van der Waals surface area contributed by atoms with E-state index in [-0.39, 0.29) is 29.1 Å². The molecule has 1 aliphatic rings. The molecule has 0 radical (unpaired) electrons. The van der Waals surface area contributed by atoms with Gasteiger partial charge in [0, 0.05) is 0 Å². The quantitative estimate of drug-likeness (QED) is 0.294. The first-order valence-electron chi connectivity index (χ1n) is 10.9. The van der Waals surface area contributed by atoms with E-state index >= 15 is 0 Å². The van der Waals surface area contributed by atoms with Crippen LogP contribution in [-0.2, 0) is 9.47 Å². The summed E-state index contributed by atoms with van der Waals surface area (Å²) in [6.45, 7) is 6.59. The molecule has 0 saturated carbocycles. The molecule has 1 atom stereocenters. The van der Waals surface area contributed by atoms with Crippen LogP contribution in [0.25, 0.3) is 0 Å². The highest BCUT2D eigenvalue weighted by molar-refractivity contribution is 7.16. The van der Waals surface area contributed by atoms with Gasteiger partial charge >= 0.3 is 11.9 Å². The monoisotopic (exact) mass is 426 g/mol. The molecule has 1 aromatic rings. The predicted octanol–water partition coefficient (Wildman–Crippen LogP) is 5.77. The number of fused-ring (bicyclic) bond motifs is 1. The van der Waals surface area contributed by atoms with E-state index in [1.807, 2.05) is 0 Å². The first kappa shape index (κ1) is 23.5. The number of rotatable bonds is 13. The lowest BCUT2D eigenvalue weighted by Gasteiger charge is -2.25. The van der Waals surface area contributed by atoms with Crippen molar-refractivity contribution in [3.05, 3.63) is 9.75 Å². The highest BCUT2D eigenvalue weighted by Gasteiger charge is 2.35. The molecule has 0 fully saturated rings. The second kappa shape index (κ2) is 12.7. The number of hydrogen-bond donors (Lipinski definition) is 0. The summed E-state index contributed by atoms with van der Waals surface area (Å²) in [5.41, 5.74) is 0. The summed E-state index contributed by atoms with van der Waals surface area (Å²) in [7, 11) is 0. The average molecular weight is 427 g/mol. The third-order valence-electron chi connectivity index (χ3n) is 4.82. The predicted molar refractivity (Wildman–Crippen MR) is 113 cm³/mol. The Morgan fingerprint density at radius 1 is 0.862 bits per heavy atom. The van der Waals surface area contributed by atoms with Crippen molar-refractivity contribution in [1.82, 2.24) is 0 Å². The molecule has 0 spiro atoms. The van der Waals surface area contributed by atoms with E-state index in [4.69, 9.17) is 18.9 Å². The summed E-state index contributed by atoms with van der Waals surface area (Å²) < 4.78 is 22.1. The lowest BCUT2D eigenvalue weighted by atomic mass is 10.1. The number of ether oxygens (including phenoxy) is 4. The van der Waals surface area contributed by atoms with Gasteiger partial charge in [0.1, 0.15) is 12.7 Å². The fraction of sp³-hybridized carbons (Fsp3) is 0.727. The second-order valence-electron chi connectivity index (χ2n) is 7.17. The molecule has 0 N–H and O–H groups in total. The van der Waals surface area contributed by atoms with Crippen LogP contribution in [0, 0.1) is 0 Å².